The van der Waals surface area contributed by atoms with E-state index >= 15 is 0 Å². The number of nitrogens with zero attached hydrogens (tertiary/aromatic N) is 7. The number of benzene rings is 1. The van der Waals surface area contributed by atoms with E-state index in [2.05, 4.69) is 49.6 Å². The van der Waals surface area contributed by atoms with Gasteiger partial charge in [0.25, 0.3) is 0 Å². The number of rotatable bonds is 6. The van der Waals surface area contributed by atoms with E-state index in [4.69, 9.17) is 14.7 Å². The smallest absolute Gasteiger partial charge is 0.360 e. The molecule has 3 aromatic heterocycles. The zero-order chi connectivity index (χ0) is 26.4. The Morgan fingerprint density at radius 2 is 1.76 bits per heavy atom. The lowest BCUT2D eigenvalue weighted by molar-refractivity contribution is 0.0595. The Balaban J connectivity index is 1.33. The first-order valence-corrected chi connectivity index (χ1v) is 12.7. The fourth-order valence-electron chi connectivity index (χ4n) is 5.56. The van der Waals surface area contributed by atoms with Crippen molar-refractivity contribution < 1.29 is 9.53 Å². The van der Waals surface area contributed by atoms with Gasteiger partial charge < -0.3 is 24.8 Å². The van der Waals surface area contributed by atoms with Crippen molar-refractivity contribution in [1.29, 1.82) is 0 Å². The molecule has 2 aliphatic rings. The number of methoxy groups -OCH3 is 1. The molecule has 11 nitrogen and oxygen atoms in total. The van der Waals surface area contributed by atoms with Crippen LogP contribution in [0, 0.1) is 0 Å². The molecule has 0 amide bonds. The van der Waals surface area contributed by atoms with Crippen molar-refractivity contribution in [2.45, 2.75) is 24.9 Å². The molecule has 5 heterocycles. The number of aryl methyl sites for hydroxylation is 1. The van der Waals surface area contributed by atoms with Crippen LogP contribution in [0.3, 0.4) is 0 Å². The number of pyridine rings is 1. The molecule has 2 N–H and O–H groups in total. The Morgan fingerprint density at radius 3 is 2.45 bits per heavy atom. The van der Waals surface area contributed by atoms with Gasteiger partial charge in [-0.3, -0.25) is 9.88 Å². The molecule has 0 radical (unpaired) electrons. The summed E-state index contributed by atoms with van der Waals surface area (Å²) >= 11 is 0. The summed E-state index contributed by atoms with van der Waals surface area (Å²) in [6.45, 7) is 2.09. The monoisotopic (exact) mass is 513 g/mol. The van der Waals surface area contributed by atoms with Crippen LogP contribution in [0.5, 0.6) is 0 Å². The van der Waals surface area contributed by atoms with Gasteiger partial charge in [0, 0.05) is 56.8 Å². The summed E-state index contributed by atoms with van der Waals surface area (Å²) in [5.74, 6) is 0.204. The van der Waals surface area contributed by atoms with Crippen molar-refractivity contribution in [3.8, 4) is 11.3 Å². The number of fused-ring (bicyclic) bond motifs is 3. The summed E-state index contributed by atoms with van der Waals surface area (Å²) < 4.78 is 6.94. The zero-order valence-corrected chi connectivity index (χ0v) is 22.0. The molecule has 2 fully saturated rings. The lowest BCUT2D eigenvalue weighted by atomic mass is 10.1. The maximum Gasteiger partial charge on any atom is 0.360 e. The van der Waals surface area contributed by atoms with Gasteiger partial charge in [-0.1, -0.05) is 0 Å². The molecule has 2 unspecified atom stereocenters. The highest BCUT2D eigenvalue weighted by Crippen LogP contribution is 2.34. The number of likely N-dealkylation sites (N-methyl/N-ethyl adjacent to an activating group) is 1. The summed E-state index contributed by atoms with van der Waals surface area (Å²) in [6, 6.07) is 9.47. The van der Waals surface area contributed by atoms with Gasteiger partial charge >= 0.3 is 5.97 Å². The number of imidazole rings is 1. The van der Waals surface area contributed by atoms with E-state index in [1.54, 1.807) is 25.8 Å². The molecule has 2 saturated heterocycles. The predicted molar refractivity (Wildman–Crippen MR) is 147 cm³/mol. The fourth-order valence-corrected chi connectivity index (χ4v) is 5.56. The van der Waals surface area contributed by atoms with Crippen LogP contribution in [-0.2, 0) is 11.8 Å². The zero-order valence-electron chi connectivity index (χ0n) is 22.0. The molecule has 1 aromatic carbocycles. The molecule has 6 rings (SSSR count). The van der Waals surface area contributed by atoms with Gasteiger partial charge in [0.05, 0.1) is 30.7 Å². The summed E-state index contributed by atoms with van der Waals surface area (Å²) in [6.07, 6.45) is 7.67. The summed E-state index contributed by atoms with van der Waals surface area (Å²) in [5, 5.41) is 6.38. The number of carbonyl (C=O) groups excluding carboxylic acids is 1. The van der Waals surface area contributed by atoms with E-state index in [9.17, 15) is 4.79 Å². The molecule has 196 valence electrons. The van der Waals surface area contributed by atoms with E-state index in [-0.39, 0.29) is 5.69 Å². The van der Waals surface area contributed by atoms with Crippen LogP contribution in [0.25, 0.3) is 22.3 Å². The predicted octanol–water partition coefficient (Wildman–Crippen LogP) is 3.28. The molecule has 38 heavy (non-hydrogen) atoms. The first-order chi connectivity index (χ1) is 18.5. The van der Waals surface area contributed by atoms with Crippen LogP contribution < -0.4 is 15.5 Å². The second kappa shape index (κ2) is 9.56. The number of aromatic nitrogens is 5. The minimum Gasteiger partial charge on any atom is -0.464 e. The topological polar surface area (TPSA) is 113 Å². The minimum absolute atomic E-state index is 0.0779. The molecular formula is C27H31N9O2. The van der Waals surface area contributed by atoms with E-state index in [0.29, 0.717) is 35.0 Å². The van der Waals surface area contributed by atoms with E-state index < -0.39 is 5.97 Å². The summed E-state index contributed by atoms with van der Waals surface area (Å²) in [5.41, 5.74) is 4.78. The third-order valence-corrected chi connectivity index (χ3v) is 7.75. The molecular weight excluding hydrogens is 482 g/mol. The molecule has 2 bridgehead atoms. The van der Waals surface area contributed by atoms with Crippen molar-refractivity contribution in [1.82, 2.24) is 29.4 Å². The van der Waals surface area contributed by atoms with Crippen LogP contribution >= 0.6 is 0 Å². The number of piperazine rings is 1. The average molecular weight is 514 g/mol. The normalized spacial score (nSPS) is 19.1. The van der Waals surface area contributed by atoms with Gasteiger partial charge in [-0.15, -0.1) is 0 Å². The Hall–Kier alpha value is -4.25. The number of esters is 1. The number of hydrogen-bond donors (Lipinski definition) is 2. The first-order valence-electron chi connectivity index (χ1n) is 12.7. The first kappa shape index (κ1) is 24.1. The Bertz CT molecular complexity index is 1490. The molecule has 11 heteroatoms. The number of hydrogen-bond acceptors (Lipinski definition) is 10. The van der Waals surface area contributed by atoms with Crippen LogP contribution in [0.1, 0.15) is 23.3 Å². The SMILES string of the molecule is CNc1nc(Nc2ccc(N3CC4CCC(C3)N4C)cc2)c(C(=O)OC)nc1-c1cncc2c1ncn2C. The van der Waals surface area contributed by atoms with Crippen molar-refractivity contribution in [2.75, 3.05) is 49.8 Å². The largest absolute Gasteiger partial charge is 0.464 e. The number of carbonyl (C=O) groups is 1. The molecule has 2 atom stereocenters. The van der Waals surface area contributed by atoms with E-state index in [1.807, 2.05) is 23.7 Å². The average Bonchev–Trinajstić information content (AvgIpc) is 3.40. The van der Waals surface area contributed by atoms with E-state index in [1.165, 1.54) is 25.6 Å². The van der Waals surface area contributed by atoms with Gasteiger partial charge in [0.1, 0.15) is 11.2 Å². The summed E-state index contributed by atoms with van der Waals surface area (Å²) in [7, 11) is 7.24. The molecule has 0 saturated carbocycles. The van der Waals surface area contributed by atoms with Gasteiger partial charge in [0.2, 0.25) is 0 Å². The van der Waals surface area contributed by atoms with Crippen molar-refractivity contribution >= 4 is 40.0 Å². The van der Waals surface area contributed by atoms with Gasteiger partial charge in [-0.2, -0.15) is 0 Å². The third kappa shape index (κ3) is 4.08. The lowest BCUT2D eigenvalue weighted by Gasteiger charge is -2.40. The molecule has 2 aliphatic heterocycles. The molecule has 0 aliphatic carbocycles. The van der Waals surface area contributed by atoms with Crippen molar-refractivity contribution in [3.63, 3.8) is 0 Å². The highest BCUT2D eigenvalue weighted by molar-refractivity contribution is 5.98. The van der Waals surface area contributed by atoms with Crippen LogP contribution in [0.2, 0.25) is 0 Å². The summed E-state index contributed by atoms with van der Waals surface area (Å²) in [4.78, 5) is 36.1. The van der Waals surface area contributed by atoms with E-state index in [0.717, 1.165) is 29.8 Å². The number of anilines is 4. The second-order valence-corrected chi connectivity index (χ2v) is 9.90. The highest BCUT2D eigenvalue weighted by Gasteiger charge is 2.37. The maximum atomic E-state index is 12.8. The van der Waals surface area contributed by atoms with Gasteiger partial charge in [-0.25, -0.2) is 19.7 Å². The second-order valence-electron chi connectivity index (χ2n) is 9.90. The maximum absolute atomic E-state index is 12.8. The lowest BCUT2D eigenvalue weighted by Crippen LogP contribution is -2.51. The van der Waals surface area contributed by atoms with Gasteiger partial charge in [-0.05, 0) is 44.2 Å². The highest BCUT2D eigenvalue weighted by atomic mass is 16.5. The minimum atomic E-state index is -0.588. The Labute approximate surface area is 220 Å². The number of ether oxygens (including phenoxy) is 1. The van der Waals surface area contributed by atoms with Crippen LogP contribution in [0.15, 0.2) is 43.0 Å². The Morgan fingerprint density at radius 1 is 1.03 bits per heavy atom. The van der Waals surface area contributed by atoms with Crippen molar-refractivity contribution in [2.24, 2.45) is 7.05 Å². The number of nitrogens with one attached hydrogen (secondary N) is 2. The van der Waals surface area contributed by atoms with Crippen LogP contribution in [0.4, 0.5) is 23.0 Å². The van der Waals surface area contributed by atoms with Crippen molar-refractivity contribution in [3.05, 3.63) is 48.7 Å². The standard InChI is InChI=1S/C27H31N9O2/c1-28-25-23(20-11-29-12-21-22(20)30-15-34(21)2)32-24(27(37)38-4)26(33-25)31-16-5-7-17(8-6-16)36-13-18-9-10-19(14-36)35(18)3/h5-8,11-12,15,18-19H,9-10,13-14H2,1-4H3,(H2,28,31,33). The quantitative estimate of drug-likeness (QED) is 0.372. The fraction of sp³-hybridized carbons (Fsp3) is 0.370. The Kier molecular flexibility index (Phi) is 6.07. The third-order valence-electron chi connectivity index (χ3n) is 7.75. The van der Waals surface area contributed by atoms with Gasteiger partial charge in [0.15, 0.2) is 17.3 Å². The molecule has 4 aromatic rings. The van der Waals surface area contributed by atoms with Crippen LogP contribution in [-0.4, -0.2) is 81.8 Å². The molecule has 0 spiro atoms.